The minimum absolute atomic E-state index is 0.107. The third-order valence-electron chi connectivity index (χ3n) is 18.6. The van der Waals surface area contributed by atoms with Crippen molar-refractivity contribution in [1.29, 1.82) is 0 Å². The second-order valence-electron chi connectivity index (χ2n) is 29.0. The first-order chi connectivity index (χ1) is 51.2. The maximum Gasteiger partial charge on any atom is 0.472 e. The highest BCUT2D eigenvalue weighted by atomic mass is 31.2. The van der Waals surface area contributed by atoms with Gasteiger partial charge in [0.15, 0.2) is 6.10 Å². The number of esters is 3. The van der Waals surface area contributed by atoms with E-state index in [0.717, 1.165) is 122 Å². The zero-order valence-electron chi connectivity index (χ0n) is 67.2. The van der Waals surface area contributed by atoms with Gasteiger partial charge in [0.1, 0.15) is 25.4 Å². The monoisotopic (exact) mass is 1520 g/mol. The quantitative estimate of drug-likeness (QED) is 0.0146. The standard InChI is InChI=1S/C87H158O16P2/c1-4-7-10-13-16-19-22-25-28-30-32-33-34-35-36-37-38-39-40-41-42-43-44-45-46-47-49-51-53-55-58-61-64-67-70-73-85(90)97-76-82(88)77-99-104(93,94)100-78-83(89)79-101-105(95,96)102-81-84(103-87(92)75-72-69-66-63-60-57-52-27-24-21-18-15-12-9-6-3)80-98-86(91)74-71-68-65-62-59-56-54-50-48-31-29-26-23-20-17-14-11-8-5-2/h16-17,19-20,25-26,28-29,32-33,35-36,48,50,82-84,88-89H,4-15,18,21-24,27,30-31,34,37-47,49,51-81H2,1-3H3,(H,93,94)(H,95,96)/b19-16-,20-17-,28-25-,29-26-,33-32-,36-35-,50-48-. The molecule has 0 amide bonds. The van der Waals surface area contributed by atoms with Gasteiger partial charge in [-0.2, -0.15) is 0 Å². The van der Waals surface area contributed by atoms with E-state index in [2.05, 4.69) is 106 Å². The van der Waals surface area contributed by atoms with Gasteiger partial charge in [-0.3, -0.25) is 32.5 Å². The first kappa shape index (κ1) is 102. The van der Waals surface area contributed by atoms with E-state index in [4.69, 9.17) is 32.3 Å². The summed E-state index contributed by atoms with van der Waals surface area (Å²) >= 11 is 0. The smallest absolute Gasteiger partial charge is 0.463 e. The van der Waals surface area contributed by atoms with Gasteiger partial charge in [-0.15, -0.1) is 0 Å². The van der Waals surface area contributed by atoms with Crippen molar-refractivity contribution in [2.45, 2.75) is 411 Å². The number of carbonyl (C=O) groups is 3. The average Bonchev–Trinajstić information content (AvgIpc) is 0.942. The number of hydrogen-bond acceptors (Lipinski definition) is 14. The van der Waals surface area contributed by atoms with Crippen LogP contribution in [0.1, 0.15) is 393 Å². The van der Waals surface area contributed by atoms with Crippen molar-refractivity contribution >= 4 is 33.6 Å². The summed E-state index contributed by atoms with van der Waals surface area (Å²) in [5, 5.41) is 20.7. The Balaban J connectivity index is 4.38. The Bertz CT molecular complexity index is 2250. The van der Waals surface area contributed by atoms with Gasteiger partial charge in [0.25, 0.3) is 0 Å². The molecule has 0 aliphatic carbocycles. The minimum Gasteiger partial charge on any atom is -0.463 e. The molecule has 0 aliphatic rings. The van der Waals surface area contributed by atoms with E-state index in [-0.39, 0.29) is 19.3 Å². The Labute approximate surface area is 642 Å². The zero-order valence-corrected chi connectivity index (χ0v) is 68.9. The molecule has 0 rings (SSSR count). The highest BCUT2D eigenvalue weighted by Gasteiger charge is 2.29. The molecule has 5 atom stereocenters. The normalized spacial score (nSPS) is 14.3. The largest absolute Gasteiger partial charge is 0.472 e. The van der Waals surface area contributed by atoms with Crippen LogP contribution in [0.3, 0.4) is 0 Å². The molecule has 105 heavy (non-hydrogen) atoms. The first-order valence-electron chi connectivity index (χ1n) is 42.9. The van der Waals surface area contributed by atoms with Crippen molar-refractivity contribution in [2.75, 3.05) is 39.6 Å². The molecule has 0 saturated carbocycles. The molecule has 0 radical (unpaired) electrons. The van der Waals surface area contributed by atoms with Gasteiger partial charge in [-0.25, -0.2) is 9.13 Å². The highest BCUT2D eigenvalue weighted by Crippen LogP contribution is 2.45. The van der Waals surface area contributed by atoms with Gasteiger partial charge in [0, 0.05) is 19.3 Å². The number of unbranched alkanes of at least 4 members (excludes halogenated alkanes) is 45. The highest BCUT2D eigenvalue weighted by molar-refractivity contribution is 7.47. The molecule has 0 fully saturated rings. The van der Waals surface area contributed by atoms with Crippen LogP contribution in [0.4, 0.5) is 0 Å². The summed E-state index contributed by atoms with van der Waals surface area (Å²) in [5.74, 6) is -1.57. The van der Waals surface area contributed by atoms with Crippen molar-refractivity contribution in [3.05, 3.63) is 85.1 Å². The van der Waals surface area contributed by atoms with Gasteiger partial charge in [-0.1, -0.05) is 356 Å². The van der Waals surface area contributed by atoms with Crippen LogP contribution in [0.5, 0.6) is 0 Å². The van der Waals surface area contributed by atoms with E-state index in [1.165, 1.54) is 212 Å². The lowest BCUT2D eigenvalue weighted by Gasteiger charge is -2.21. The third-order valence-corrected chi connectivity index (χ3v) is 20.5. The van der Waals surface area contributed by atoms with Gasteiger partial charge in [0.2, 0.25) is 0 Å². The number of aliphatic hydroxyl groups is 2. The number of allylic oxidation sites excluding steroid dienone is 14. The topological polar surface area (TPSA) is 231 Å². The summed E-state index contributed by atoms with van der Waals surface area (Å²) in [4.78, 5) is 58.7. The van der Waals surface area contributed by atoms with E-state index in [0.29, 0.717) is 19.3 Å². The molecule has 0 aromatic rings. The number of hydrogen-bond donors (Lipinski definition) is 4. The summed E-state index contributed by atoms with van der Waals surface area (Å²) in [6.45, 7) is 2.68. The van der Waals surface area contributed by atoms with Crippen molar-refractivity contribution in [3.8, 4) is 0 Å². The summed E-state index contributed by atoms with van der Waals surface area (Å²) < 4.78 is 61.2. The summed E-state index contributed by atoms with van der Waals surface area (Å²) in [5.41, 5.74) is 0. The Kier molecular flexibility index (Phi) is 77.8. The number of carbonyl (C=O) groups excluding carboxylic acids is 3. The molecule has 4 N–H and O–H groups in total. The van der Waals surface area contributed by atoms with Crippen LogP contribution in [0.2, 0.25) is 0 Å². The Morgan fingerprint density at radius 3 is 0.771 bits per heavy atom. The van der Waals surface area contributed by atoms with E-state index in [1.807, 2.05) is 0 Å². The summed E-state index contributed by atoms with van der Waals surface area (Å²) in [6, 6.07) is 0. The lowest BCUT2D eigenvalue weighted by atomic mass is 10.0. The molecule has 16 nitrogen and oxygen atoms in total. The van der Waals surface area contributed by atoms with E-state index in [9.17, 15) is 43.5 Å². The van der Waals surface area contributed by atoms with Crippen molar-refractivity contribution < 1.29 is 75.8 Å². The Hall–Kier alpha value is -3.27. The number of aliphatic hydroxyl groups excluding tert-OH is 2. The molecule has 0 aromatic heterocycles. The van der Waals surface area contributed by atoms with Gasteiger partial charge in [-0.05, 0) is 103 Å². The third kappa shape index (κ3) is 81.5. The first-order valence-corrected chi connectivity index (χ1v) is 45.9. The molecule has 612 valence electrons. The van der Waals surface area contributed by atoms with E-state index >= 15 is 0 Å². The lowest BCUT2D eigenvalue weighted by Crippen LogP contribution is -2.30. The summed E-state index contributed by atoms with van der Waals surface area (Å²) in [7, 11) is -9.78. The minimum atomic E-state index is -4.93. The number of rotatable bonds is 82. The van der Waals surface area contributed by atoms with Gasteiger partial charge >= 0.3 is 33.6 Å². The fraction of sp³-hybridized carbons (Fsp3) is 0.805. The molecular weight excluding hydrogens is 1360 g/mol. The van der Waals surface area contributed by atoms with Crippen LogP contribution in [-0.2, 0) is 55.8 Å². The summed E-state index contributed by atoms with van der Waals surface area (Å²) in [6.07, 6.45) is 92.2. The molecule has 0 saturated heterocycles. The van der Waals surface area contributed by atoms with Crippen molar-refractivity contribution in [3.63, 3.8) is 0 Å². The second kappa shape index (κ2) is 80.3. The number of phosphoric ester groups is 2. The SMILES string of the molecule is CCCCC/C=C\C/C=C\C/C=C\C/C=C\CCCCCCCCCCCCCCCCCCCCCC(=O)OCC(O)COP(=O)(O)OCC(O)COP(=O)(O)OCC(COC(=O)CCCCCCCC/C=C\C/C=C\C/C=C\CCCCC)OC(=O)CCCCCCCCCCCCCCCCC. The van der Waals surface area contributed by atoms with Crippen LogP contribution in [0.25, 0.3) is 0 Å². The zero-order chi connectivity index (χ0) is 76.6. The lowest BCUT2D eigenvalue weighted by molar-refractivity contribution is -0.161. The van der Waals surface area contributed by atoms with E-state index in [1.54, 1.807) is 0 Å². The van der Waals surface area contributed by atoms with E-state index < -0.39 is 91.5 Å². The maximum atomic E-state index is 13.0. The Morgan fingerprint density at radius 1 is 0.267 bits per heavy atom. The molecule has 0 aliphatic heterocycles. The van der Waals surface area contributed by atoms with Crippen molar-refractivity contribution in [1.82, 2.24) is 0 Å². The maximum absolute atomic E-state index is 13.0. The number of ether oxygens (including phenoxy) is 3. The average molecular weight is 1520 g/mol. The second-order valence-corrected chi connectivity index (χ2v) is 31.9. The van der Waals surface area contributed by atoms with Crippen LogP contribution < -0.4 is 0 Å². The molecular formula is C87H158O16P2. The molecule has 0 bridgehead atoms. The van der Waals surface area contributed by atoms with Crippen LogP contribution in [-0.4, -0.2) is 95.9 Å². The van der Waals surface area contributed by atoms with Crippen LogP contribution in [0, 0.1) is 0 Å². The molecule has 0 spiro atoms. The fourth-order valence-electron chi connectivity index (χ4n) is 12.0. The van der Waals surface area contributed by atoms with Gasteiger partial charge in [0.05, 0.1) is 26.4 Å². The van der Waals surface area contributed by atoms with Crippen LogP contribution in [0.15, 0.2) is 85.1 Å². The predicted molar refractivity (Wildman–Crippen MR) is 436 cm³/mol. The molecule has 18 heteroatoms. The predicted octanol–water partition coefficient (Wildman–Crippen LogP) is 25.6. The van der Waals surface area contributed by atoms with Crippen molar-refractivity contribution in [2.24, 2.45) is 0 Å². The van der Waals surface area contributed by atoms with Crippen LogP contribution >= 0.6 is 15.6 Å². The molecule has 0 aromatic carbocycles. The Morgan fingerprint density at radius 2 is 0.476 bits per heavy atom. The van der Waals surface area contributed by atoms with Gasteiger partial charge < -0.3 is 34.2 Å². The molecule has 0 heterocycles. The molecule has 5 unspecified atom stereocenters. The fourth-order valence-corrected chi connectivity index (χ4v) is 13.6. The number of phosphoric acid groups is 2.